The maximum atomic E-state index is 13.5. The molecule has 0 aliphatic carbocycles. The first-order chi connectivity index (χ1) is 14.3. The Hall–Kier alpha value is -2.25. The van der Waals surface area contributed by atoms with Crippen LogP contribution in [0.5, 0.6) is 0 Å². The molecule has 168 valence electrons. The second kappa shape index (κ2) is 9.92. The van der Waals surface area contributed by atoms with Gasteiger partial charge < -0.3 is 10.4 Å². The van der Waals surface area contributed by atoms with Crippen molar-refractivity contribution in [3.63, 3.8) is 0 Å². The predicted octanol–water partition coefficient (Wildman–Crippen LogP) is 6.49. The highest BCUT2D eigenvalue weighted by Crippen LogP contribution is 2.39. The number of anilines is 1. The van der Waals surface area contributed by atoms with E-state index >= 15 is 0 Å². The number of benzene rings is 2. The Morgan fingerprint density at radius 3 is 2.16 bits per heavy atom. The van der Waals surface area contributed by atoms with E-state index in [1.807, 2.05) is 0 Å². The minimum absolute atomic E-state index is 0.145. The zero-order valence-electron chi connectivity index (χ0n) is 17.1. The first-order valence-electron chi connectivity index (χ1n) is 9.46. The van der Waals surface area contributed by atoms with Crippen LogP contribution >= 0.6 is 23.2 Å². The van der Waals surface area contributed by atoms with Crippen LogP contribution in [-0.2, 0) is 16.0 Å². The average molecular weight is 476 g/mol. The second-order valence-electron chi connectivity index (χ2n) is 7.50. The van der Waals surface area contributed by atoms with E-state index in [2.05, 4.69) is 5.32 Å². The van der Waals surface area contributed by atoms with Crippen molar-refractivity contribution in [3.8, 4) is 0 Å². The van der Waals surface area contributed by atoms with Crippen molar-refractivity contribution in [2.45, 2.75) is 39.3 Å². The van der Waals surface area contributed by atoms with Gasteiger partial charge in [0.1, 0.15) is 0 Å². The number of carbonyl (C=O) groups is 2. The normalized spacial score (nSPS) is 14.6. The second-order valence-corrected chi connectivity index (χ2v) is 8.34. The van der Waals surface area contributed by atoms with Gasteiger partial charge in [-0.2, -0.15) is 13.2 Å². The van der Waals surface area contributed by atoms with Crippen LogP contribution in [0.2, 0.25) is 10.0 Å². The standard InChI is InChI=1S/C22H22Cl2F3NO3/c1-11(21(30)31)10-15-6-9-17(24)19(12(15)2)28-20(29)18(13(3)22(25,26)27)14-4-7-16(23)8-5-14/h4-9,11,13,18H,10H2,1-3H3,(H,28,29)(H,30,31). The maximum absolute atomic E-state index is 13.5. The van der Waals surface area contributed by atoms with Gasteiger partial charge in [-0.1, -0.05) is 55.2 Å². The molecule has 3 unspecified atom stereocenters. The molecule has 31 heavy (non-hydrogen) atoms. The Balaban J connectivity index is 2.43. The first kappa shape index (κ1) is 25.0. The first-order valence-corrected chi connectivity index (χ1v) is 10.2. The number of carboxylic acids is 1. The third-order valence-corrected chi connectivity index (χ3v) is 5.82. The summed E-state index contributed by atoms with van der Waals surface area (Å²) in [7, 11) is 0. The van der Waals surface area contributed by atoms with Gasteiger partial charge in [-0.3, -0.25) is 9.59 Å². The van der Waals surface area contributed by atoms with Crippen molar-refractivity contribution in [2.24, 2.45) is 11.8 Å². The molecule has 0 radical (unpaired) electrons. The van der Waals surface area contributed by atoms with E-state index in [4.69, 9.17) is 28.3 Å². The SMILES string of the molecule is Cc1c(CC(C)C(=O)O)ccc(Cl)c1NC(=O)C(c1ccc(Cl)cc1)C(C)C(F)(F)F. The molecule has 4 nitrogen and oxygen atoms in total. The molecule has 2 aromatic carbocycles. The molecule has 0 aromatic heterocycles. The highest BCUT2D eigenvalue weighted by Gasteiger charge is 2.45. The number of hydrogen-bond donors (Lipinski definition) is 2. The van der Waals surface area contributed by atoms with Crippen LogP contribution < -0.4 is 5.32 Å². The molecule has 0 fully saturated rings. The van der Waals surface area contributed by atoms with Gasteiger partial charge in [0.15, 0.2) is 0 Å². The van der Waals surface area contributed by atoms with Crippen LogP contribution in [0.3, 0.4) is 0 Å². The van der Waals surface area contributed by atoms with Gasteiger partial charge >= 0.3 is 12.1 Å². The topological polar surface area (TPSA) is 66.4 Å². The van der Waals surface area contributed by atoms with E-state index in [9.17, 15) is 22.8 Å². The number of hydrogen-bond acceptors (Lipinski definition) is 2. The number of carbonyl (C=O) groups excluding carboxylic acids is 1. The fourth-order valence-electron chi connectivity index (χ4n) is 3.24. The number of carboxylic acid groups (broad SMARTS) is 1. The third-order valence-electron chi connectivity index (χ3n) is 5.25. The number of alkyl halides is 3. The highest BCUT2D eigenvalue weighted by molar-refractivity contribution is 6.34. The molecule has 0 heterocycles. The molecule has 1 amide bonds. The predicted molar refractivity (Wildman–Crippen MR) is 115 cm³/mol. The summed E-state index contributed by atoms with van der Waals surface area (Å²) >= 11 is 12.1. The van der Waals surface area contributed by atoms with E-state index in [1.54, 1.807) is 13.0 Å². The molecule has 2 aromatic rings. The average Bonchev–Trinajstić information content (AvgIpc) is 2.68. The summed E-state index contributed by atoms with van der Waals surface area (Å²) in [5, 5.41) is 12.2. The Labute approximate surface area is 188 Å². The van der Waals surface area contributed by atoms with E-state index in [0.29, 0.717) is 16.1 Å². The number of aliphatic carboxylic acids is 1. The summed E-state index contributed by atoms with van der Waals surface area (Å²) in [6.45, 7) is 4.12. The molecular weight excluding hydrogens is 454 g/mol. The van der Waals surface area contributed by atoms with Crippen LogP contribution in [0, 0.1) is 18.8 Å². The fraction of sp³-hybridized carbons (Fsp3) is 0.364. The molecule has 2 N–H and O–H groups in total. The fourth-order valence-corrected chi connectivity index (χ4v) is 3.62. The monoisotopic (exact) mass is 475 g/mol. The summed E-state index contributed by atoms with van der Waals surface area (Å²) in [4.78, 5) is 24.2. The van der Waals surface area contributed by atoms with Gasteiger partial charge in [0, 0.05) is 5.02 Å². The number of rotatable bonds is 7. The van der Waals surface area contributed by atoms with E-state index in [0.717, 1.165) is 6.92 Å². The molecule has 9 heteroatoms. The van der Waals surface area contributed by atoms with Crippen LogP contribution in [0.25, 0.3) is 0 Å². The third kappa shape index (κ3) is 6.14. The van der Waals surface area contributed by atoms with Gasteiger partial charge in [-0.15, -0.1) is 0 Å². The van der Waals surface area contributed by atoms with Gasteiger partial charge in [0.2, 0.25) is 5.91 Å². The molecule has 0 saturated heterocycles. The number of nitrogens with one attached hydrogen (secondary N) is 1. The van der Waals surface area contributed by atoms with Gasteiger partial charge in [0.25, 0.3) is 0 Å². The Morgan fingerprint density at radius 2 is 1.65 bits per heavy atom. The maximum Gasteiger partial charge on any atom is 0.392 e. The summed E-state index contributed by atoms with van der Waals surface area (Å²) < 4.78 is 40.6. The Kier molecular flexibility index (Phi) is 8.00. The number of halogens is 5. The lowest BCUT2D eigenvalue weighted by Crippen LogP contribution is -2.34. The van der Waals surface area contributed by atoms with Crippen LogP contribution in [0.15, 0.2) is 36.4 Å². The molecular formula is C22H22Cl2F3NO3. The molecule has 0 aliphatic rings. The molecule has 3 atom stereocenters. The van der Waals surface area contributed by atoms with E-state index in [1.165, 1.54) is 37.3 Å². The smallest absolute Gasteiger partial charge is 0.392 e. The van der Waals surface area contributed by atoms with Gasteiger partial charge in [0.05, 0.1) is 28.5 Å². The van der Waals surface area contributed by atoms with Crippen LogP contribution in [-0.4, -0.2) is 23.2 Å². The van der Waals surface area contributed by atoms with Crippen molar-refractivity contribution in [3.05, 3.63) is 63.1 Å². The van der Waals surface area contributed by atoms with Crippen molar-refractivity contribution in [1.29, 1.82) is 0 Å². The molecule has 0 saturated carbocycles. The summed E-state index contributed by atoms with van der Waals surface area (Å²) in [6, 6.07) is 8.74. The molecule has 0 spiro atoms. The quantitative estimate of drug-likeness (QED) is 0.481. The molecule has 0 aliphatic heterocycles. The highest BCUT2D eigenvalue weighted by atomic mass is 35.5. The van der Waals surface area contributed by atoms with Crippen molar-refractivity contribution < 1.29 is 27.9 Å². The zero-order chi connectivity index (χ0) is 23.5. The molecule has 2 rings (SSSR count). The van der Waals surface area contributed by atoms with Crippen LogP contribution in [0.1, 0.15) is 36.5 Å². The van der Waals surface area contributed by atoms with Crippen molar-refractivity contribution in [1.82, 2.24) is 0 Å². The zero-order valence-corrected chi connectivity index (χ0v) is 18.6. The lowest BCUT2D eigenvalue weighted by molar-refractivity contribution is -0.178. The van der Waals surface area contributed by atoms with Gasteiger partial charge in [-0.05, 0) is 48.2 Å². The lowest BCUT2D eigenvalue weighted by Gasteiger charge is -2.26. The minimum atomic E-state index is -4.61. The summed E-state index contributed by atoms with van der Waals surface area (Å²) in [6.07, 6.45) is -4.43. The van der Waals surface area contributed by atoms with E-state index in [-0.39, 0.29) is 22.7 Å². The minimum Gasteiger partial charge on any atom is -0.481 e. The lowest BCUT2D eigenvalue weighted by atomic mass is 9.85. The van der Waals surface area contributed by atoms with E-state index < -0.39 is 35.8 Å². The Bertz CT molecular complexity index is 962. The summed E-state index contributed by atoms with van der Waals surface area (Å²) in [5.41, 5.74) is 1.45. The van der Waals surface area contributed by atoms with Crippen molar-refractivity contribution in [2.75, 3.05) is 5.32 Å². The van der Waals surface area contributed by atoms with Crippen LogP contribution in [0.4, 0.5) is 18.9 Å². The summed E-state index contributed by atoms with van der Waals surface area (Å²) in [5.74, 6) is -6.05. The Morgan fingerprint density at radius 1 is 1.06 bits per heavy atom. The number of amides is 1. The van der Waals surface area contributed by atoms with Gasteiger partial charge in [-0.25, -0.2) is 0 Å². The molecule has 0 bridgehead atoms. The largest absolute Gasteiger partial charge is 0.481 e. The van der Waals surface area contributed by atoms with Crippen molar-refractivity contribution >= 4 is 40.8 Å².